The van der Waals surface area contributed by atoms with Crippen LogP contribution in [0.5, 0.6) is 0 Å². The molecule has 0 aliphatic heterocycles. The lowest BCUT2D eigenvalue weighted by Gasteiger charge is -2.04. The van der Waals surface area contributed by atoms with Crippen molar-refractivity contribution in [2.45, 2.75) is 16.3 Å². The third kappa shape index (κ3) is 2.85. The zero-order valence-electron chi connectivity index (χ0n) is 9.51. The van der Waals surface area contributed by atoms with Crippen LogP contribution >= 0.6 is 34.7 Å². The van der Waals surface area contributed by atoms with Gasteiger partial charge in [-0.15, -0.1) is 10.2 Å². The molecule has 0 saturated heterocycles. The summed E-state index contributed by atoms with van der Waals surface area (Å²) >= 11 is 8.89. The molecule has 2 aromatic rings. The van der Waals surface area contributed by atoms with E-state index < -0.39 is 0 Å². The van der Waals surface area contributed by atoms with Crippen molar-refractivity contribution in [3.8, 4) is 0 Å². The minimum Gasteiger partial charge on any atom is -0.353 e. The van der Waals surface area contributed by atoms with Gasteiger partial charge in [0.15, 0.2) is 4.34 Å². The number of rotatable bonds is 3. The number of hydrogen-bond acceptors (Lipinski definition) is 7. The zero-order chi connectivity index (χ0) is 12.4. The van der Waals surface area contributed by atoms with Crippen molar-refractivity contribution in [1.82, 2.24) is 20.2 Å². The molecular weight excluding hydrogens is 278 g/mol. The Morgan fingerprint density at radius 3 is 2.71 bits per heavy atom. The Morgan fingerprint density at radius 1 is 1.29 bits per heavy atom. The van der Waals surface area contributed by atoms with Gasteiger partial charge in [-0.1, -0.05) is 22.9 Å². The van der Waals surface area contributed by atoms with E-state index in [1.54, 1.807) is 0 Å². The Morgan fingerprint density at radius 2 is 2.06 bits per heavy atom. The number of aromatic nitrogens is 4. The quantitative estimate of drug-likeness (QED) is 0.809. The summed E-state index contributed by atoms with van der Waals surface area (Å²) in [5.41, 5.74) is 0.862. The van der Waals surface area contributed by atoms with Gasteiger partial charge in [-0.05, 0) is 18.7 Å². The van der Waals surface area contributed by atoms with E-state index in [4.69, 9.17) is 11.6 Å². The van der Waals surface area contributed by atoms with Gasteiger partial charge in [-0.2, -0.15) is 0 Å². The first-order valence-electron chi connectivity index (χ1n) is 4.73. The highest BCUT2D eigenvalue weighted by molar-refractivity contribution is 8.01. The number of anilines is 1. The molecule has 2 aromatic heterocycles. The van der Waals surface area contributed by atoms with Gasteiger partial charge in [0, 0.05) is 19.7 Å². The standard InChI is InChI=1S/C9H10ClN5S2/c1-5-6(10)11-4-12-7(5)16-9-14-13-8(17-9)15(2)3/h4H,1-3H3. The summed E-state index contributed by atoms with van der Waals surface area (Å²) in [5, 5.41) is 10.3. The van der Waals surface area contributed by atoms with Crippen LogP contribution in [0.1, 0.15) is 5.56 Å². The van der Waals surface area contributed by atoms with Crippen LogP contribution in [-0.4, -0.2) is 34.3 Å². The van der Waals surface area contributed by atoms with Crippen molar-refractivity contribution in [1.29, 1.82) is 0 Å². The van der Waals surface area contributed by atoms with E-state index in [1.165, 1.54) is 29.4 Å². The first-order valence-corrected chi connectivity index (χ1v) is 6.75. The molecule has 0 amide bonds. The molecule has 0 radical (unpaired) electrons. The third-order valence-electron chi connectivity index (χ3n) is 1.94. The Kier molecular flexibility index (Phi) is 3.80. The average Bonchev–Trinajstić information content (AvgIpc) is 2.73. The molecule has 17 heavy (non-hydrogen) atoms. The molecule has 0 aliphatic carbocycles. The van der Waals surface area contributed by atoms with Crippen LogP contribution in [0.25, 0.3) is 0 Å². The summed E-state index contributed by atoms with van der Waals surface area (Å²) in [6.07, 6.45) is 1.45. The van der Waals surface area contributed by atoms with E-state index >= 15 is 0 Å². The highest BCUT2D eigenvalue weighted by Crippen LogP contribution is 2.34. The first-order chi connectivity index (χ1) is 8.08. The van der Waals surface area contributed by atoms with Gasteiger partial charge in [-0.25, -0.2) is 9.97 Å². The number of hydrogen-bond donors (Lipinski definition) is 0. The summed E-state index contributed by atoms with van der Waals surface area (Å²) in [5.74, 6) is 0. The van der Waals surface area contributed by atoms with E-state index in [2.05, 4.69) is 20.2 Å². The maximum absolute atomic E-state index is 5.93. The molecule has 8 heteroatoms. The zero-order valence-corrected chi connectivity index (χ0v) is 11.9. The fourth-order valence-electron chi connectivity index (χ4n) is 1.02. The van der Waals surface area contributed by atoms with Crippen molar-refractivity contribution in [3.63, 3.8) is 0 Å². The van der Waals surface area contributed by atoms with Crippen LogP contribution in [0.15, 0.2) is 15.7 Å². The predicted octanol–water partition coefficient (Wildman–Crippen LogP) is 2.51. The minimum absolute atomic E-state index is 0.472. The third-order valence-corrected chi connectivity index (χ3v) is 4.57. The molecule has 0 N–H and O–H groups in total. The van der Waals surface area contributed by atoms with Crippen LogP contribution in [0.4, 0.5) is 5.13 Å². The second kappa shape index (κ2) is 5.16. The first kappa shape index (κ1) is 12.5. The largest absolute Gasteiger partial charge is 0.353 e. The fourth-order valence-corrected chi connectivity index (χ4v) is 2.94. The molecule has 0 spiro atoms. The van der Waals surface area contributed by atoms with Crippen molar-refractivity contribution < 1.29 is 0 Å². The van der Waals surface area contributed by atoms with Gasteiger partial charge in [0.25, 0.3) is 0 Å². The van der Waals surface area contributed by atoms with E-state index in [-0.39, 0.29) is 0 Å². The van der Waals surface area contributed by atoms with Crippen molar-refractivity contribution in [3.05, 3.63) is 17.0 Å². The van der Waals surface area contributed by atoms with Crippen molar-refractivity contribution >= 4 is 39.8 Å². The SMILES string of the molecule is Cc1c(Cl)ncnc1Sc1nnc(N(C)C)s1. The van der Waals surface area contributed by atoms with E-state index in [0.29, 0.717) is 5.15 Å². The summed E-state index contributed by atoms with van der Waals surface area (Å²) < 4.78 is 0.839. The second-order valence-electron chi connectivity index (χ2n) is 3.44. The Labute approximate surface area is 112 Å². The molecular formula is C9H10ClN5S2. The van der Waals surface area contributed by atoms with E-state index in [0.717, 1.165) is 20.1 Å². The maximum Gasteiger partial charge on any atom is 0.208 e. The Hall–Kier alpha value is -0.920. The lowest BCUT2D eigenvalue weighted by Crippen LogP contribution is -2.07. The molecule has 0 atom stereocenters. The Balaban J connectivity index is 2.22. The monoisotopic (exact) mass is 287 g/mol. The van der Waals surface area contributed by atoms with Crippen LogP contribution in [-0.2, 0) is 0 Å². The van der Waals surface area contributed by atoms with Gasteiger partial charge < -0.3 is 4.90 Å². The van der Waals surface area contributed by atoms with E-state index in [1.807, 2.05) is 25.9 Å². The summed E-state index contributed by atoms with van der Waals surface area (Å²) in [7, 11) is 3.86. The fraction of sp³-hybridized carbons (Fsp3) is 0.333. The average molecular weight is 288 g/mol. The van der Waals surface area contributed by atoms with Gasteiger partial charge in [0.1, 0.15) is 16.5 Å². The molecule has 0 saturated carbocycles. The highest BCUT2D eigenvalue weighted by atomic mass is 35.5. The summed E-state index contributed by atoms with van der Waals surface area (Å²) in [4.78, 5) is 10.0. The van der Waals surface area contributed by atoms with Crippen molar-refractivity contribution in [2.24, 2.45) is 0 Å². The molecule has 2 rings (SSSR count). The number of nitrogens with zero attached hydrogens (tertiary/aromatic N) is 5. The molecule has 0 unspecified atom stereocenters. The molecule has 0 aliphatic rings. The molecule has 2 heterocycles. The van der Waals surface area contributed by atoms with Gasteiger partial charge in [0.2, 0.25) is 5.13 Å². The lowest BCUT2D eigenvalue weighted by atomic mass is 10.4. The highest BCUT2D eigenvalue weighted by Gasteiger charge is 2.11. The van der Waals surface area contributed by atoms with Crippen LogP contribution in [0, 0.1) is 6.92 Å². The topological polar surface area (TPSA) is 54.8 Å². The molecule has 0 bridgehead atoms. The van der Waals surface area contributed by atoms with Crippen molar-refractivity contribution in [2.75, 3.05) is 19.0 Å². The predicted molar refractivity (Wildman–Crippen MR) is 70.1 cm³/mol. The molecule has 90 valence electrons. The van der Waals surface area contributed by atoms with Gasteiger partial charge in [-0.3, -0.25) is 0 Å². The second-order valence-corrected chi connectivity index (χ2v) is 5.99. The molecule has 0 aromatic carbocycles. The minimum atomic E-state index is 0.472. The van der Waals surface area contributed by atoms with Crippen LogP contribution in [0.2, 0.25) is 5.15 Å². The number of halogens is 1. The van der Waals surface area contributed by atoms with Crippen LogP contribution in [0.3, 0.4) is 0 Å². The van der Waals surface area contributed by atoms with Gasteiger partial charge >= 0.3 is 0 Å². The summed E-state index contributed by atoms with van der Waals surface area (Å²) in [6.45, 7) is 1.89. The molecule has 0 fully saturated rings. The van der Waals surface area contributed by atoms with Crippen LogP contribution < -0.4 is 4.90 Å². The maximum atomic E-state index is 5.93. The summed E-state index contributed by atoms with van der Waals surface area (Å²) in [6, 6.07) is 0. The van der Waals surface area contributed by atoms with Gasteiger partial charge in [0.05, 0.1) is 0 Å². The molecule has 5 nitrogen and oxygen atoms in total. The smallest absolute Gasteiger partial charge is 0.208 e. The Bertz CT molecular complexity index is 528. The van der Waals surface area contributed by atoms with E-state index in [9.17, 15) is 0 Å². The normalized spacial score (nSPS) is 10.6. The lowest BCUT2D eigenvalue weighted by molar-refractivity contribution is 0.963.